The van der Waals surface area contributed by atoms with Crippen LogP contribution in [0, 0.1) is 28.6 Å². The lowest BCUT2D eigenvalue weighted by molar-refractivity contribution is -0.131. The second-order valence-electron chi connectivity index (χ2n) is 11.9. The summed E-state index contributed by atoms with van der Waals surface area (Å²) in [5.41, 5.74) is 2.74. The van der Waals surface area contributed by atoms with Gasteiger partial charge in [-0.15, -0.1) is 0 Å². The molecule has 7 nitrogen and oxygen atoms in total. The first-order chi connectivity index (χ1) is 16.3. The monoisotopic (exact) mass is 471 g/mol. The van der Waals surface area contributed by atoms with Gasteiger partial charge >= 0.3 is 0 Å². The highest BCUT2D eigenvalue weighted by Gasteiger charge is 2.58. The van der Waals surface area contributed by atoms with Crippen LogP contribution in [0.1, 0.15) is 84.5 Å². The van der Waals surface area contributed by atoms with Crippen molar-refractivity contribution >= 4 is 17.5 Å². The molecule has 1 saturated heterocycles. The number of aliphatic hydroxyl groups excluding tert-OH is 1. The highest BCUT2D eigenvalue weighted by molar-refractivity contribution is 5.96. The summed E-state index contributed by atoms with van der Waals surface area (Å²) in [6.45, 7) is 5.29. The number of carbonyl (C=O) groups is 2. The molecule has 2 amide bonds. The molecule has 0 bridgehead atoms. The summed E-state index contributed by atoms with van der Waals surface area (Å²) >= 11 is 0. The number of hydrogen-bond donors (Lipinski definition) is 3. The van der Waals surface area contributed by atoms with Crippen LogP contribution in [-0.4, -0.2) is 47.9 Å². The highest BCUT2D eigenvalue weighted by Crippen LogP contribution is 2.65. The molecule has 0 spiro atoms. The van der Waals surface area contributed by atoms with Gasteiger partial charge < -0.3 is 20.6 Å². The molecule has 5 rings (SSSR count). The van der Waals surface area contributed by atoms with Crippen LogP contribution in [-0.2, 0) is 14.4 Å². The number of hydrogen-bond acceptors (Lipinski definition) is 5. The maximum Gasteiger partial charge on any atom is 0.261 e. The first-order valence-electron chi connectivity index (χ1n) is 13.5. The van der Waals surface area contributed by atoms with Crippen LogP contribution in [0.5, 0.6) is 0 Å². The number of rotatable bonds is 4. The number of carbonyl (C=O) groups excluding carboxylic acids is 2. The zero-order chi connectivity index (χ0) is 23.9. The number of amides is 2. The third-order valence-electron chi connectivity index (χ3n) is 10.2. The molecule has 4 aliphatic carbocycles. The molecule has 3 saturated carbocycles. The molecule has 5 aliphatic rings. The van der Waals surface area contributed by atoms with Crippen LogP contribution in [0.25, 0.3) is 0 Å². The van der Waals surface area contributed by atoms with Crippen molar-refractivity contribution in [2.24, 2.45) is 33.7 Å². The molecule has 1 aliphatic heterocycles. The Labute approximate surface area is 203 Å². The second-order valence-corrected chi connectivity index (χ2v) is 11.9. The number of allylic oxidation sites excluding steroid dienone is 2. The van der Waals surface area contributed by atoms with E-state index in [0.717, 1.165) is 56.6 Å². The SMILES string of the molecule is C[C@]12CC[C@H]3[C@@H](CCC4=C/C(=N/OCC(=O)N[C@H]5CCCCNC5=O)CC[C@@]43C)[C@@H]1CC[C@H]2O. The van der Waals surface area contributed by atoms with Crippen molar-refractivity contribution in [3.8, 4) is 0 Å². The standard InChI is InChI=1S/C27H41N3O4/c1-26-12-10-18(30-34-16-24(32)29-22-5-3-4-14-28-25(22)33)15-17(26)6-7-19-20-8-9-23(31)27(20,2)13-11-21(19)26/h15,19-23,31H,3-14,16H2,1-2H3,(H,28,33)(H,29,32)/b30-18+/t19-,20-,21-,22-,23+,26-,27-/m0/s1. The fourth-order valence-corrected chi connectivity index (χ4v) is 8.10. The summed E-state index contributed by atoms with van der Waals surface area (Å²) in [6.07, 6.45) is 13.4. The van der Waals surface area contributed by atoms with E-state index in [1.54, 1.807) is 0 Å². The summed E-state index contributed by atoms with van der Waals surface area (Å²) in [6, 6.07) is -0.475. The van der Waals surface area contributed by atoms with Crippen molar-refractivity contribution in [1.29, 1.82) is 0 Å². The molecule has 7 atom stereocenters. The third-order valence-corrected chi connectivity index (χ3v) is 10.2. The van der Waals surface area contributed by atoms with Crippen LogP contribution in [0.4, 0.5) is 0 Å². The second kappa shape index (κ2) is 9.29. The van der Waals surface area contributed by atoms with E-state index in [1.807, 2.05) is 0 Å². The Morgan fingerprint density at radius 2 is 2.00 bits per heavy atom. The van der Waals surface area contributed by atoms with Gasteiger partial charge in [-0.1, -0.05) is 24.6 Å². The fraction of sp³-hybridized carbons (Fsp3) is 0.815. The highest BCUT2D eigenvalue weighted by atomic mass is 16.6. The van der Waals surface area contributed by atoms with Gasteiger partial charge in [-0.05, 0) is 105 Å². The summed E-state index contributed by atoms with van der Waals surface area (Å²) in [5.74, 6) is 1.66. The maximum atomic E-state index is 12.3. The molecular formula is C27H41N3O4. The summed E-state index contributed by atoms with van der Waals surface area (Å²) < 4.78 is 0. The minimum absolute atomic E-state index is 0.112. The van der Waals surface area contributed by atoms with Crippen LogP contribution in [0.15, 0.2) is 16.8 Å². The number of oxime groups is 1. The Morgan fingerprint density at radius 3 is 2.85 bits per heavy atom. The van der Waals surface area contributed by atoms with Crippen molar-refractivity contribution in [3.05, 3.63) is 11.6 Å². The number of nitrogens with one attached hydrogen (secondary N) is 2. The van der Waals surface area contributed by atoms with Crippen molar-refractivity contribution in [2.45, 2.75) is 96.6 Å². The Morgan fingerprint density at radius 1 is 1.15 bits per heavy atom. The van der Waals surface area contributed by atoms with E-state index in [-0.39, 0.29) is 35.4 Å². The molecule has 0 aromatic heterocycles. The van der Waals surface area contributed by atoms with Crippen molar-refractivity contribution in [1.82, 2.24) is 10.6 Å². The van der Waals surface area contributed by atoms with E-state index in [4.69, 9.17) is 4.84 Å². The Kier molecular flexibility index (Phi) is 6.51. The molecule has 4 fully saturated rings. The molecule has 1 heterocycles. The quantitative estimate of drug-likeness (QED) is 0.547. The molecule has 0 aromatic carbocycles. The van der Waals surface area contributed by atoms with E-state index in [9.17, 15) is 14.7 Å². The van der Waals surface area contributed by atoms with Gasteiger partial charge in [0.25, 0.3) is 5.91 Å². The zero-order valence-electron chi connectivity index (χ0n) is 20.8. The summed E-state index contributed by atoms with van der Waals surface area (Å²) in [7, 11) is 0. The predicted octanol–water partition coefficient (Wildman–Crippen LogP) is 3.47. The van der Waals surface area contributed by atoms with Crippen molar-refractivity contribution < 1.29 is 19.5 Å². The number of fused-ring (bicyclic) bond motifs is 5. The minimum Gasteiger partial charge on any atom is -0.393 e. The zero-order valence-corrected chi connectivity index (χ0v) is 20.8. The van der Waals surface area contributed by atoms with Gasteiger partial charge in [0.15, 0.2) is 6.61 Å². The summed E-state index contributed by atoms with van der Waals surface area (Å²) in [5, 5.41) is 20.6. The predicted molar refractivity (Wildman–Crippen MR) is 130 cm³/mol. The van der Waals surface area contributed by atoms with Gasteiger partial charge in [0.1, 0.15) is 6.04 Å². The molecule has 3 N–H and O–H groups in total. The third kappa shape index (κ3) is 4.18. The van der Waals surface area contributed by atoms with E-state index < -0.39 is 6.04 Å². The van der Waals surface area contributed by atoms with Gasteiger partial charge in [-0.2, -0.15) is 0 Å². The first kappa shape index (κ1) is 23.8. The Balaban J connectivity index is 1.19. The number of aliphatic hydroxyl groups is 1. The molecule has 0 unspecified atom stereocenters. The molecule has 0 radical (unpaired) electrons. The van der Waals surface area contributed by atoms with Crippen molar-refractivity contribution in [2.75, 3.05) is 13.2 Å². The van der Waals surface area contributed by atoms with Crippen LogP contribution < -0.4 is 10.6 Å². The average molecular weight is 472 g/mol. The topological polar surface area (TPSA) is 100 Å². The van der Waals surface area contributed by atoms with Crippen LogP contribution in [0.3, 0.4) is 0 Å². The minimum atomic E-state index is -0.475. The maximum absolute atomic E-state index is 12.3. The van der Waals surface area contributed by atoms with Crippen LogP contribution >= 0.6 is 0 Å². The molecule has 0 aromatic rings. The van der Waals surface area contributed by atoms with Gasteiger partial charge in [0.2, 0.25) is 5.91 Å². The van der Waals surface area contributed by atoms with Gasteiger partial charge in [-0.25, -0.2) is 0 Å². The molecular weight excluding hydrogens is 430 g/mol. The Hall–Kier alpha value is -1.89. The lowest BCUT2D eigenvalue weighted by atomic mass is 9.47. The van der Waals surface area contributed by atoms with Crippen LogP contribution in [0.2, 0.25) is 0 Å². The largest absolute Gasteiger partial charge is 0.393 e. The van der Waals surface area contributed by atoms with E-state index in [1.165, 1.54) is 24.8 Å². The van der Waals surface area contributed by atoms with E-state index >= 15 is 0 Å². The van der Waals surface area contributed by atoms with Gasteiger partial charge in [-0.3, -0.25) is 9.59 Å². The summed E-state index contributed by atoms with van der Waals surface area (Å²) in [4.78, 5) is 29.7. The Bertz CT molecular complexity index is 885. The normalized spacial score (nSPS) is 43.0. The van der Waals surface area contributed by atoms with Gasteiger partial charge in [0, 0.05) is 6.54 Å². The molecule has 188 valence electrons. The molecule has 7 heteroatoms. The lowest BCUT2D eigenvalue weighted by Gasteiger charge is -2.57. The fourth-order valence-electron chi connectivity index (χ4n) is 8.10. The van der Waals surface area contributed by atoms with Gasteiger partial charge in [0.05, 0.1) is 11.8 Å². The van der Waals surface area contributed by atoms with E-state index in [0.29, 0.717) is 24.8 Å². The number of nitrogens with zero attached hydrogens (tertiary/aromatic N) is 1. The molecule has 34 heavy (non-hydrogen) atoms. The lowest BCUT2D eigenvalue weighted by Crippen LogP contribution is -2.51. The average Bonchev–Trinajstić information content (AvgIpc) is 2.97. The smallest absolute Gasteiger partial charge is 0.261 e. The van der Waals surface area contributed by atoms with E-state index in [2.05, 4.69) is 35.7 Å². The van der Waals surface area contributed by atoms with Crippen molar-refractivity contribution in [3.63, 3.8) is 0 Å². The first-order valence-corrected chi connectivity index (χ1v) is 13.5.